The first-order valence-corrected chi connectivity index (χ1v) is 6.27. The van der Waals surface area contributed by atoms with Gasteiger partial charge in [0.15, 0.2) is 0 Å². The lowest BCUT2D eigenvalue weighted by Crippen LogP contribution is -2.15. The molecule has 0 atom stereocenters. The molecule has 1 N–H and O–H groups in total. The summed E-state index contributed by atoms with van der Waals surface area (Å²) in [5.41, 5.74) is 0.375. The van der Waals surface area contributed by atoms with Crippen molar-refractivity contribution in [3.05, 3.63) is 39.7 Å². The fourth-order valence-corrected chi connectivity index (χ4v) is 1.75. The van der Waals surface area contributed by atoms with Crippen molar-refractivity contribution < 1.29 is 14.1 Å². The fraction of sp³-hybridized carbons (Fsp3) is 0.538. The topological polar surface area (TPSA) is 64.4 Å². The zero-order valence-electron chi connectivity index (χ0n) is 11.0. The van der Waals surface area contributed by atoms with E-state index < -0.39 is 10.7 Å². The minimum absolute atomic E-state index is 0.211. The van der Waals surface area contributed by atoms with Gasteiger partial charge in [-0.25, -0.2) is 4.39 Å². The standard InChI is InChI=1S/C13H19FN2O3/c1-19-6-4-2-3-5-15-10-11-7-12(14)9-13(8-11)16(17)18/h7-9,15H,2-6,10H2,1H3. The van der Waals surface area contributed by atoms with Crippen LogP contribution in [0, 0.1) is 15.9 Å². The predicted octanol–water partition coefficient (Wildman–Crippen LogP) is 2.64. The first-order valence-electron chi connectivity index (χ1n) is 6.27. The molecule has 0 bridgehead atoms. The molecule has 0 saturated heterocycles. The molecule has 0 amide bonds. The van der Waals surface area contributed by atoms with Crippen molar-refractivity contribution in [2.45, 2.75) is 25.8 Å². The van der Waals surface area contributed by atoms with Crippen LogP contribution in [0.5, 0.6) is 0 Å². The van der Waals surface area contributed by atoms with Crippen molar-refractivity contribution in [3.8, 4) is 0 Å². The second-order valence-corrected chi connectivity index (χ2v) is 4.31. The van der Waals surface area contributed by atoms with E-state index in [-0.39, 0.29) is 5.69 Å². The lowest BCUT2D eigenvalue weighted by molar-refractivity contribution is -0.385. The Morgan fingerprint density at radius 1 is 1.32 bits per heavy atom. The van der Waals surface area contributed by atoms with E-state index in [0.29, 0.717) is 12.1 Å². The molecule has 0 saturated carbocycles. The maximum atomic E-state index is 13.2. The van der Waals surface area contributed by atoms with Crippen LogP contribution in [-0.4, -0.2) is 25.2 Å². The van der Waals surface area contributed by atoms with Gasteiger partial charge in [-0.15, -0.1) is 0 Å². The maximum Gasteiger partial charge on any atom is 0.272 e. The van der Waals surface area contributed by atoms with Gasteiger partial charge in [-0.3, -0.25) is 10.1 Å². The molecule has 0 aromatic heterocycles. The van der Waals surface area contributed by atoms with Gasteiger partial charge in [0, 0.05) is 26.3 Å². The summed E-state index contributed by atoms with van der Waals surface area (Å²) in [4.78, 5) is 10.0. The molecule has 0 spiro atoms. The second kappa shape index (κ2) is 8.55. The molecule has 0 fully saturated rings. The van der Waals surface area contributed by atoms with Crippen molar-refractivity contribution >= 4 is 5.69 Å². The van der Waals surface area contributed by atoms with Gasteiger partial charge < -0.3 is 10.1 Å². The Hall–Kier alpha value is -1.53. The predicted molar refractivity (Wildman–Crippen MR) is 70.5 cm³/mol. The summed E-state index contributed by atoms with van der Waals surface area (Å²) >= 11 is 0. The molecule has 1 rings (SSSR count). The number of unbranched alkanes of at least 4 members (excludes halogenated alkanes) is 2. The average molecular weight is 270 g/mol. The molecule has 0 unspecified atom stereocenters. The molecule has 6 heteroatoms. The molecular weight excluding hydrogens is 251 g/mol. The highest BCUT2D eigenvalue weighted by Crippen LogP contribution is 2.16. The third-order valence-electron chi connectivity index (χ3n) is 2.68. The van der Waals surface area contributed by atoms with Crippen LogP contribution in [-0.2, 0) is 11.3 Å². The van der Waals surface area contributed by atoms with Crippen LogP contribution in [0.4, 0.5) is 10.1 Å². The van der Waals surface area contributed by atoms with Gasteiger partial charge in [0.1, 0.15) is 5.82 Å². The Morgan fingerprint density at radius 3 is 2.79 bits per heavy atom. The number of rotatable bonds is 9. The highest BCUT2D eigenvalue weighted by Gasteiger charge is 2.09. The number of methoxy groups -OCH3 is 1. The van der Waals surface area contributed by atoms with Gasteiger partial charge >= 0.3 is 0 Å². The smallest absolute Gasteiger partial charge is 0.272 e. The maximum absolute atomic E-state index is 13.2. The van der Waals surface area contributed by atoms with E-state index in [1.807, 2.05) is 0 Å². The zero-order chi connectivity index (χ0) is 14.1. The molecular formula is C13H19FN2O3. The molecule has 0 aliphatic carbocycles. The third-order valence-corrected chi connectivity index (χ3v) is 2.68. The highest BCUT2D eigenvalue weighted by atomic mass is 19.1. The van der Waals surface area contributed by atoms with Gasteiger partial charge in [-0.1, -0.05) is 0 Å². The first-order chi connectivity index (χ1) is 9.13. The Morgan fingerprint density at radius 2 is 2.11 bits per heavy atom. The Balaban J connectivity index is 2.31. The number of nitrogens with one attached hydrogen (secondary N) is 1. The van der Waals surface area contributed by atoms with Crippen molar-refractivity contribution in [1.82, 2.24) is 5.32 Å². The Bertz CT molecular complexity index is 413. The minimum Gasteiger partial charge on any atom is -0.385 e. The van der Waals surface area contributed by atoms with Crippen molar-refractivity contribution in [3.63, 3.8) is 0 Å². The minimum atomic E-state index is -0.586. The van der Waals surface area contributed by atoms with Crippen molar-refractivity contribution in [2.75, 3.05) is 20.3 Å². The van der Waals surface area contributed by atoms with E-state index in [1.165, 1.54) is 12.1 Å². The van der Waals surface area contributed by atoms with Crippen LogP contribution in [0.1, 0.15) is 24.8 Å². The number of nitro groups is 1. The van der Waals surface area contributed by atoms with E-state index >= 15 is 0 Å². The van der Waals surface area contributed by atoms with Gasteiger partial charge in [0.2, 0.25) is 0 Å². The summed E-state index contributed by atoms with van der Waals surface area (Å²) in [5, 5.41) is 13.7. The molecule has 106 valence electrons. The number of non-ortho nitro benzene ring substituents is 1. The van der Waals surface area contributed by atoms with Gasteiger partial charge in [0.25, 0.3) is 5.69 Å². The normalized spacial score (nSPS) is 10.6. The number of benzene rings is 1. The van der Waals surface area contributed by atoms with E-state index in [4.69, 9.17) is 4.74 Å². The number of nitrogens with zero attached hydrogens (tertiary/aromatic N) is 1. The third kappa shape index (κ3) is 6.26. The van der Waals surface area contributed by atoms with E-state index in [1.54, 1.807) is 7.11 Å². The summed E-state index contributed by atoms with van der Waals surface area (Å²) in [5.74, 6) is -0.578. The van der Waals surface area contributed by atoms with Gasteiger partial charge in [0.05, 0.1) is 11.0 Å². The molecule has 1 aromatic rings. The number of nitro benzene ring substituents is 1. The molecule has 19 heavy (non-hydrogen) atoms. The average Bonchev–Trinajstić information content (AvgIpc) is 2.37. The Labute approximate surface area is 111 Å². The van der Waals surface area contributed by atoms with Crippen LogP contribution >= 0.6 is 0 Å². The lowest BCUT2D eigenvalue weighted by atomic mass is 10.2. The lowest BCUT2D eigenvalue weighted by Gasteiger charge is -2.05. The Kier molecular flexibility index (Phi) is 6.99. The summed E-state index contributed by atoms with van der Waals surface area (Å²) in [6.45, 7) is 1.99. The van der Waals surface area contributed by atoms with E-state index in [0.717, 1.165) is 38.5 Å². The molecule has 1 aromatic carbocycles. The van der Waals surface area contributed by atoms with Crippen LogP contribution in [0.25, 0.3) is 0 Å². The summed E-state index contributed by atoms with van der Waals surface area (Å²) < 4.78 is 18.1. The first kappa shape index (κ1) is 15.5. The number of hydrogen-bond donors (Lipinski definition) is 1. The van der Waals surface area contributed by atoms with Crippen LogP contribution in [0.3, 0.4) is 0 Å². The van der Waals surface area contributed by atoms with Crippen molar-refractivity contribution in [2.24, 2.45) is 0 Å². The summed E-state index contributed by atoms with van der Waals surface area (Å²) in [6, 6.07) is 3.63. The van der Waals surface area contributed by atoms with Gasteiger partial charge in [-0.2, -0.15) is 0 Å². The van der Waals surface area contributed by atoms with E-state index in [2.05, 4.69) is 5.32 Å². The zero-order valence-corrected chi connectivity index (χ0v) is 11.0. The van der Waals surface area contributed by atoms with Crippen LogP contribution in [0.15, 0.2) is 18.2 Å². The molecule has 0 aliphatic heterocycles. The SMILES string of the molecule is COCCCCCNCc1cc(F)cc([N+](=O)[O-])c1. The van der Waals surface area contributed by atoms with Gasteiger partial charge in [-0.05, 0) is 37.4 Å². The summed E-state index contributed by atoms with van der Waals surface area (Å²) in [7, 11) is 1.68. The van der Waals surface area contributed by atoms with E-state index in [9.17, 15) is 14.5 Å². The van der Waals surface area contributed by atoms with Crippen LogP contribution in [0.2, 0.25) is 0 Å². The molecule has 5 nitrogen and oxygen atoms in total. The fourth-order valence-electron chi connectivity index (χ4n) is 1.75. The number of ether oxygens (including phenoxy) is 1. The monoisotopic (exact) mass is 270 g/mol. The number of hydrogen-bond acceptors (Lipinski definition) is 4. The molecule has 0 radical (unpaired) electrons. The molecule has 0 heterocycles. The largest absolute Gasteiger partial charge is 0.385 e. The quantitative estimate of drug-likeness (QED) is 0.425. The number of halogens is 1. The van der Waals surface area contributed by atoms with Crippen LogP contribution < -0.4 is 5.32 Å². The summed E-state index contributed by atoms with van der Waals surface area (Å²) in [6.07, 6.45) is 3.08. The second-order valence-electron chi connectivity index (χ2n) is 4.31. The highest BCUT2D eigenvalue weighted by molar-refractivity contribution is 5.35. The molecule has 0 aliphatic rings. The van der Waals surface area contributed by atoms with Crippen molar-refractivity contribution in [1.29, 1.82) is 0 Å².